The smallest absolute Gasteiger partial charge is 0.326 e. The number of carboxylic acid groups (broad SMARTS) is 1. The minimum Gasteiger partial charge on any atom is -0.480 e. The van der Waals surface area contributed by atoms with Gasteiger partial charge >= 0.3 is 5.97 Å². The molecule has 0 bridgehead atoms. The summed E-state index contributed by atoms with van der Waals surface area (Å²) in [6, 6.07) is -0.718. The number of halogens is 1. The largest absolute Gasteiger partial charge is 0.480 e. The molecule has 1 rings (SSSR count). The molecule has 0 aromatic rings. The van der Waals surface area contributed by atoms with Gasteiger partial charge < -0.3 is 10.0 Å². The average molecular weight is 385 g/mol. The molecule has 1 amide bonds. The summed E-state index contributed by atoms with van der Waals surface area (Å²) in [5.74, 6) is -1.05. The summed E-state index contributed by atoms with van der Waals surface area (Å²) in [5, 5.41) is 9.06. The molecule has 1 heterocycles. The number of rotatable bonds is 4. The van der Waals surface area contributed by atoms with Gasteiger partial charge in [-0.2, -0.15) is 0 Å². The number of carbonyl (C=O) groups excluding carboxylic acids is 2. The van der Waals surface area contributed by atoms with E-state index in [1.807, 2.05) is 0 Å². The molecule has 0 aromatic heterocycles. The molecule has 1 fully saturated rings. The molecule has 18 heavy (non-hydrogen) atoms. The number of nitrogens with zero attached hydrogens (tertiary/aromatic N) is 1. The number of alkyl halides is 1. The maximum atomic E-state index is 12.2. The fraction of sp³-hybridized carbons (Fsp3) is 0.727. The van der Waals surface area contributed by atoms with Crippen LogP contribution in [0, 0.1) is 5.92 Å². The Bertz CT molecular complexity index is 363. The molecule has 2 unspecified atom stereocenters. The zero-order valence-corrected chi connectivity index (χ0v) is 13.2. The third-order valence-corrected chi connectivity index (χ3v) is 4.75. The van der Waals surface area contributed by atoms with E-state index >= 15 is 0 Å². The fourth-order valence-electron chi connectivity index (χ4n) is 1.86. The molecule has 1 saturated heterocycles. The van der Waals surface area contributed by atoms with Crippen LogP contribution >= 0.6 is 34.4 Å². The van der Waals surface area contributed by atoms with E-state index in [-0.39, 0.29) is 20.9 Å². The number of amides is 1. The second-order valence-electron chi connectivity index (χ2n) is 4.38. The van der Waals surface area contributed by atoms with Crippen LogP contribution in [0.1, 0.15) is 20.3 Å². The average Bonchev–Trinajstić information content (AvgIpc) is 2.67. The first kappa shape index (κ1) is 15.7. The molecular weight excluding hydrogens is 369 g/mol. The second kappa shape index (κ2) is 6.74. The van der Waals surface area contributed by atoms with Crippen LogP contribution in [0.25, 0.3) is 0 Å². The lowest BCUT2D eigenvalue weighted by Crippen LogP contribution is -2.43. The van der Waals surface area contributed by atoms with Gasteiger partial charge in [-0.3, -0.25) is 9.59 Å². The molecule has 1 aliphatic rings. The van der Waals surface area contributed by atoms with E-state index in [9.17, 15) is 14.4 Å². The normalized spacial score (nSPS) is 24.9. The molecule has 0 spiro atoms. The zero-order valence-electron chi connectivity index (χ0n) is 10.3. The van der Waals surface area contributed by atoms with E-state index < -0.39 is 12.0 Å². The summed E-state index contributed by atoms with van der Waals surface area (Å²) in [6.07, 6.45) is 0.494. The second-order valence-corrected chi connectivity index (χ2v) is 7.34. The summed E-state index contributed by atoms with van der Waals surface area (Å²) >= 11 is 3.27. The van der Waals surface area contributed by atoms with Gasteiger partial charge in [0, 0.05) is 29.1 Å². The zero-order chi connectivity index (χ0) is 13.9. The molecule has 5 nitrogen and oxygen atoms in total. The third-order valence-electron chi connectivity index (χ3n) is 2.78. The van der Waals surface area contributed by atoms with Crippen LogP contribution in [0.3, 0.4) is 0 Å². The van der Waals surface area contributed by atoms with Crippen LogP contribution in [0.15, 0.2) is 0 Å². The molecule has 0 radical (unpaired) electrons. The van der Waals surface area contributed by atoms with Gasteiger partial charge in [0.15, 0.2) is 5.12 Å². The minimum absolute atomic E-state index is 0.0300. The van der Waals surface area contributed by atoms with Crippen LogP contribution in [-0.4, -0.2) is 49.3 Å². The highest BCUT2D eigenvalue weighted by Crippen LogP contribution is 2.26. The minimum atomic E-state index is -0.950. The first-order chi connectivity index (χ1) is 8.32. The summed E-state index contributed by atoms with van der Waals surface area (Å²) < 4.78 is 0.181. The van der Waals surface area contributed by atoms with Crippen molar-refractivity contribution in [3.8, 4) is 0 Å². The Labute approximate surface area is 124 Å². The first-order valence-electron chi connectivity index (χ1n) is 5.63. The highest BCUT2D eigenvalue weighted by atomic mass is 127. The number of hydrogen-bond acceptors (Lipinski definition) is 4. The Morgan fingerprint density at radius 1 is 1.50 bits per heavy atom. The first-order valence-corrected chi connectivity index (χ1v) is 7.86. The summed E-state index contributed by atoms with van der Waals surface area (Å²) in [7, 11) is 0. The van der Waals surface area contributed by atoms with Gasteiger partial charge in [-0.15, -0.1) is 0 Å². The Balaban J connectivity index is 2.64. The Morgan fingerprint density at radius 3 is 2.61 bits per heavy atom. The number of carbonyl (C=O) groups is 3. The van der Waals surface area contributed by atoms with Crippen LogP contribution in [0.4, 0.5) is 0 Å². The topological polar surface area (TPSA) is 74.7 Å². The van der Waals surface area contributed by atoms with E-state index in [0.29, 0.717) is 18.7 Å². The highest BCUT2D eigenvalue weighted by Gasteiger charge is 2.39. The number of aliphatic carboxylic acids is 1. The fourth-order valence-corrected chi connectivity index (χ4v) is 3.39. The van der Waals surface area contributed by atoms with Crippen LogP contribution in [-0.2, 0) is 14.4 Å². The molecular formula is C11H16INO4S. The molecule has 0 aliphatic carbocycles. The number of hydrogen-bond donors (Lipinski definition) is 1. The van der Waals surface area contributed by atoms with Gasteiger partial charge in [0.1, 0.15) is 6.04 Å². The molecule has 3 atom stereocenters. The van der Waals surface area contributed by atoms with Crippen LogP contribution < -0.4 is 0 Å². The highest BCUT2D eigenvalue weighted by molar-refractivity contribution is 14.1. The maximum Gasteiger partial charge on any atom is 0.326 e. The molecule has 0 aromatic carbocycles. The number of likely N-dealkylation sites (tertiary alicyclic amines) is 1. The maximum absolute atomic E-state index is 12.2. The van der Waals surface area contributed by atoms with E-state index in [4.69, 9.17) is 5.11 Å². The van der Waals surface area contributed by atoms with E-state index in [0.717, 1.165) is 11.8 Å². The van der Waals surface area contributed by atoms with Crippen LogP contribution in [0.2, 0.25) is 0 Å². The number of carboxylic acids is 1. The lowest BCUT2D eigenvalue weighted by atomic mass is 10.1. The summed E-state index contributed by atoms with van der Waals surface area (Å²) in [4.78, 5) is 35.5. The molecule has 0 saturated carbocycles. The molecule has 7 heteroatoms. The van der Waals surface area contributed by atoms with E-state index in [1.165, 1.54) is 11.8 Å². The predicted octanol–water partition coefficient (Wildman–Crippen LogP) is 1.39. The monoisotopic (exact) mass is 385 g/mol. The standard InChI is InChI=1S/C11H16INO4S/c1-6(5-18-7(2)14)10(15)13-4-8(12)3-9(13)11(16)17/h6,8-9H,3-5H2,1-2H3,(H,16,17)/t6?,8?,9-/m0/s1. The van der Waals surface area contributed by atoms with Crippen LogP contribution in [0.5, 0.6) is 0 Å². The molecule has 102 valence electrons. The van der Waals surface area contributed by atoms with Gasteiger partial charge in [0.2, 0.25) is 5.91 Å². The third kappa shape index (κ3) is 4.11. The van der Waals surface area contributed by atoms with Crippen molar-refractivity contribution in [3.05, 3.63) is 0 Å². The van der Waals surface area contributed by atoms with Gasteiger partial charge in [-0.25, -0.2) is 4.79 Å². The van der Waals surface area contributed by atoms with Gasteiger partial charge in [0.25, 0.3) is 0 Å². The van der Waals surface area contributed by atoms with Crippen molar-refractivity contribution >= 4 is 51.3 Å². The van der Waals surface area contributed by atoms with Crippen molar-refractivity contribution in [2.75, 3.05) is 12.3 Å². The number of thioether (sulfide) groups is 1. The molecule has 1 N–H and O–H groups in total. The Hall–Kier alpha value is -0.310. The predicted molar refractivity (Wildman–Crippen MR) is 77.9 cm³/mol. The summed E-state index contributed by atoms with van der Waals surface area (Å²) in [6.45, 7) is 3.67. The SMILES string of the molecule is CC(=O)SCC(C)C(=O)N1CC(I)C[C@H]1C(=O)O. The Kier molecular flexibility index (Phi) is 5.90. The molecule has 1 aliphatic heterocycles. The quantitative estimate of drug-likeness (QED) is 0.585. The van der Waals surface area contributed by atoms with Crippen molar-refractivity contribution in [2.24, 2.45) is 5.92 Å². The van der Waals surface area contributed by atoms with Crippen molar-refractivity contribution in [1.29, 1.82) is 0 Å². The van der Waals surface area contributed by atoms with E-state index in [2.05, 4.69) is 22.6 Å². The lowest BCUT2D eigenvalue weighted by Gasteiger charge is -2.24. The van der Waals surface area contributed by atoms with E-state index in [1.54, 1.807) is 6.92 Å². The Morgan fingerprint density at radius 2 is 2.11 bits per heavy atom. The summed E-state index contributed by atoms with van der Waals surface area (Å²) in [5.41, 5.74) is 0. The van der Waals surface area contributed by atoms with Gasteiger partial charge in [0.05, 0.1) is 0 Å². The van der Waals surface area contributed by atoms with Gasteiger partial charge in [-0.1, -0.05) is 41.3 Å². The lowest BCUT2D eigenvalue weighted by molar-refractivity contribution is -0.149. The van der Waals surface area contributed by atoms with Crippen molar-refractivity contribution in [3.63, 3.8) is 0 Å². The van der Waals surface area contributed by atoms with Crippen molar-refractivity contribution < 1.29 is 19.5 Å². The van der Waals surface area contributed by atoms with Gasteiger partial charge in [-0.05, 0) is 6.42 Å². The van der Waals surface area contributed by atoms with Crippen molar-refractivity contribution in [1.82, 2.24) is 4.90 Å². The van der Waals surface area contributed by atoms with Crippen molar-refractivity contribution in [2.45, 2.75) is 30.2 Å².